The molecule has 0 atom stereocenters. The number of rotatable bonds is 2. The number of nitriles is 1. The van der Waals surface area contributed by atoms with Crippen molar-refractivity contribution < 1.29 is 8.78 Å². The zero-order chi connectivity index (χ0) is 14.0. The van der Waals surface area contributed by atoms with Crippen molar-refractivity contribution in [3.05, 3.63) is 57.6 Å². The van der Waals surface area contributed by atoms with Crippen molar-refractivity contribution in [2.75, 3.05) is 5.32 Å². The van der Waals surface area contributed by atoms with E-state index in [4.69, 9.17) is 28.5 Å². The van der Waals surface area contributed by atoms with Crippen molar-refractivity contribution in [3.8, 4) is 6.07 Å². The third kappa shape index (κ3) is 2.95. The zero-order valence-electron chi connectivity index (χ0n) is 9.35. The van der Waals surface area contributed by atoms with Crippen LogP contribution in [-0.4, -0.2) is 0 Å². The molecule has 0 amide bonds. The smallest absolute Gasteiger partial charge is 0.147 e. The average molecular weight is 299 g/mol. The molecule has 2 nitrogen and oxygen atoms in total. The molecular weight excluding hydrogens is 293 g/mol. The van der Waals surface area contributed by atoms with Crippen LogP contribution < -0.4 is 5.32 Å². The maximum Gasteiger partial charge on any atom is 0.147 e. The van der Waals surface area contributed by atoms with E-state index >= 15 is 0 Å². The van der Waals surface area contributed by atoms with E-state index in [2.05, 4.69) is 5.32 Å². The van der Waals surface area contributed by atoms with Gasteiger partial charge in [0.2, 0.25) is 0 Å². The molecule has 19 heavy (non-hydrogen) atoms. The van der Waals surface area contributed by atoms with Crippen LogP contribution in [0.3, 0.4) is 0 Å². The van der Waals surface area contributed by atoms with Crippen molar-refractivity contribution in [1.82, 2.24) is 0 Å². The number of nitrogens with zero attached hydrogens (tertiary/aromatic N) is 1. The second kappa shape index (κ2) is 5.43. The summed E-state index contributed by atoms with van der Waals surface area (Å²) in [7, 11) is 0. The third-order valence-corrected chi connectivity index (χ3v) is 2.96. The average Bonchev–Trinajstić information content (AvgIpc) is 2.35. The maximum atomic E-state index is 13.7. The predicted molar refractivity (Wildman–Crippen MR) is 70.8 cm³/mol. The molecule has 0 saturated carbocycles. The lowest BCUT2D eigenvalue weighted by atomic mass is 10.2. The van der Waals surface area contributed by atoms with Crippen molar-refractivity contribution in [2.45, 2.75) is 0 Å². The van der Waals surface area contributed by atoms with Crippen LogP contribution in [0.4, 0.5) is 20.2 Å². The molecule has 0 unspecified atom stereocenters. The molecule has 0 spiro atoms. The highest BCUT2D eigenvalue weighted by Crippen LogP contribution is 2.34. The van der Waals surface area contributed by atoms with Gasteiger partial charge in [-0.25, -0.2) is 8.78 Å². The van der Waals surface area contributed by atoms with Crippen molar-refractivity contribution in [2.24, 2.45) is 0 Å². The lowest BCUT2D eigenvalue weighted by Gasteiger charge is -2.11. The predicted octanol–water partition coefficient (Wildman–Crippen LogP) is 4.89. The van der Waals surface area contributed by atoms with Gasteiger partial charge in [-0.05, 0) is 30.3 Å². The summed E-state index contributed by atoms with van der Waals surface area (Å²) in [6.07, 6.45) is 0. The third-order valence-electron chi connectivity index (χ3n) is 2.36. The van der Waals surface area contributed by atoms with Crippen LogP contribution in [-0.2, 0) is 0 Å². The summed E-state index contributed by atoms with van der Waals surface area (Å²) in [5.74, 6) is -1.21. The van der Waals surface area contributed by atoms with Gasteiger partial charge in [0.25, 0.3) is 0 Å². The van der Waals surface area contributed by atoms with E-state index in [1.54, 1.807) is 0 Å². The fourth-order valence-electron chi connectivity index (χ4n) is 1.48. The quantitative estimate of drug-likeness (QED) is 0.857. The van der Waals surface area contributed by atoms with Gasteiger partial charge in [-0.15, -0.1) is 0 Å². The van der Waals surface area contributed by atoms with Gasteiger partial charge in [0, 0.05) is 0 Å². The molecule has 0 fully saturated rings. The second-order valence-electron chi connectivity index (χ2n) is 3.68. The first-order chi connectivity index (χ1) is 9.01. The van der Waals surface area contributed by atoms with Gasteiger partial charge < -0.3 is 5.32 Å². The Morgan fingerprint density at radius 2 is 1.68 bits per heavy atom. The molecule has 0 bridgehead atoms. The van der Waals surface area contributed by atoms with Gasteiger partial charge in [-0.2, -0.15) is 5.26 Å². The van der Waals surface area contributed by atoms with E-state index in [1.165, 1.54) is 12.1 Å². The van der Waals surface area contributed by atoms with E-state index in [0.717, 1.165) is 18.2 Å². The summed E-state index contributed by atoms with van der Waals surface area (Å²) in [6.45, 7) is 0. The maximum absolute atomic E-state index is 13.7. The lowest BCUT2D eigenvalue weighted by Crippen LogP contribution is -1.96. The Morgan fingerprint density at radius 1 is 1.05 bits per heavy atom. The SMILES string of the molecule is N#Cc1ccc(Nc2c(Cl)cc(F)cc2Cl)c(F)c1. The molecule has 0 heterocycles. The van der Waals surface area contributed by atoms with Crippen molar-refractivity contribution in [3.63, 3.8) is 0 Å². The molecule has 0 radical (unpaired) electrons. The summed E-state index contributed by atoms with van der Waals surface area (Å²) in [4.78, 5) is 0. The first-order valence-electron chi connectivity index (χ1n) is 5.12. The van der Waals surface area contributed by atoms with Gasteiger partial charge in [-0.3, -0.25) is 0 Å². The minimum Gasteiger partial charge on any atom is -0.351 e. The van der Waals surface area contributed by atoms with E-state index in [0.29, 0.717) is 0 Å². The standard InChI is InChI=1S/C13H6Cl2F2N2/c14-9-4-8(16)5-10(15)13(9)19-12-2-1-7(6-18)3-11(12)17/h1-5,19H. The van der Waals surface area contributed by atoms with Crippen LogP contribution in [0.2, 0.25) is 10.0 Å². The lowest BCUT2D eigenvalue weighted by molar-refractivity contribution is 0.628. The van der Waals surface area contributed by atoms with Crippen LogP contribution in [0.1, 0.15) is 5.56 Å². The highest BCUT2D eigenvalue weighted by atomic mass is 35.5. The Bertz CT molecular complexity index is 658. The normalized spacial score (nSPS) is 10.1. The molecule has 96 valence electrons. The topological polar surface area (TPSA) is 35.8 Å². The highest BCUT2D eigenvalue weighted by Gasteiger charge is 2.11. The minimum atomic E-state index is -0.629. The van der Waals surface area contributed by atoms with Gasteiger partial charge in [-0.1, -0.05) is 23.2 Å². The molecule has 0 aliphatic rings. The second-order valence-corrected chi connectivity index (χ2v) is 4.49. The van der Waals surface area contributed by atoms with Crippen LogP contribution in [0.25, 0.3) is 0 Å². The Hall–Kier alpha value is -1.83. The Balaban J connectivity index is 2.40. The van der Waals surface area contributed by atoms with Crippen LogP contribution in [0.15, 0.2) is 30.3 Å². The molecule has 2 aromatic carbocycles. The molecule has 0 aliphatic carbocycles. The number of anilines is 2. The molecule has 0 aliphatic heterocycles. The zero-order valence-corrected chi connectivity index (χ0v) is 10.9. The van der Waals surface area contributed by atoms with E-state index in [-0.39, 0.29) is 27.0 Å². The van der Waals surface area contributed by atoms with Crippen LogP contribution >= 0.6 is 23.2 Å². The fourth-order valence-corrected chi connectivity index (χ4v) is 2.04. The van der Waals surface area contributed by atoms with E-state index in [1.807, 2.05) is 6.07 Å². The largest absolute Gasteiger partial charge is 0.351 e. The Labute approximate surface area is 118 Å². The van der Waals surface area contributed by atoms with Gasteiger partial charge in [0.1, 0.15) is 11.6 Å². The molecular formula is C13H6Cl2F2N2. The molecule has 0 aromatic heterocycles. The monoisotopic (exact) mass is 298 g/mol. The van der Waals surface area contributed by atoms with E-state index in [9.17, 15) is 8.78 Å². The number of hydrogen-bond acceptors (Lipinski definition) is 2. The molecule has 0 saturated heterocycles. The fraction of sp³-hybridized carbons (Fsp3) is 0. The first kappa shape index (κ1) is 13.6. The summed E-state index contributed by atoms with van der Waals surface area (Å²) in [5.41, 5.74) is 0.488. The molecule has 1 N–H and O–H groups in total. The molecule has 2 rings (SSSR count). The first-order valence-corrected chi connectivity index (χ1v) is 5.88. The number of benzene rings is 2. The number of hydrogen-bond donors (Lipinski definition) is 1. The van der Waals surface area contributed by atoms with Gasteiger partial charge in [0.05, 0.1) is 33.1 Å². The van der Waals surface area contributed by atoms with Crippen molar-refractivity contribution in [1.29, 1.82) is 5.26 Å². The van der Waals surface area contributed by atoms with Crippen LogP contribution in [0.5, 0.6) is 0 Å². The van der Waals surface area contributed by atoms with Crippen molar-refractivity contribution >= 4 is 34.6 Å². The molecule has 6 heteroatoms. The number of nitrogens with one attached hydrogen (secondary N) is 1. The summed E-state index contributed by atoms with van der Waals surface area (Å²) < 4.78 is 26.7. The minimum absolute atomic E-state index is 0.0359. The van der Waals surface area contributed by atoms with Crippen LogP contribution in [0, 0.1) is 23.0 Å². The summed E-state index contributed by atoms with van der Waals surface area (Å²) in [6, 6.07) is 7.85. The Morgan fingerprint density at radius 3 is 2.21 bits per heavy atom. The highest BCUT2D eigenvalue weighted by molar-refractivity contribution is 6.39. The Kier molecular flexibility index (Phi) is 3.89. The summed E-state index contributed by atoms with van der Waals surface area (Å²) >= 11 is 11.7. The molecule has 2 aromatic rings. The summed E-state index contributed by atoms with van der Waals surface area (Å²) in [5, 5.41) is 11.4. The van der Waals surface area contributed by atoms with E-state index < -0.39 is 11.6 Å². The number of halogens is 4. The van der Waals surface area contributed by atoms with Gasteiger partial charge in [0.15, 0.2) is 0 Å². The van der Waals surface area contributed by atoms with Gasteiger partial charge >= 0.3 is 0 Å².